The van der Waals surface area contributed by atoms with Crippen LogP contribution in [0.25, 0.3) is 0 Å². The Morgan fingerprint density at radius 1 is 1.06 bits per heavy atom. The van der Waals surface area contributed by atoms with Gasteiger partial charge in [-0.2, -0.15) is 0 Å². The molecule has 0 bridgehead atoms. The number of carbonyl (C=O) groups is 2. The molecule has 0 aliphatic carbocycles. The number of carboxylic acids is 1. The lowest BCUT2D eigenvalue weighted by Crippen LogP contribution is -2.45. The average molecular weight is 416 g/mol. The van der Waals surface area contributed by atoms with Crippen LogP contribution in [-0.2, 0) is 4.79 Å². The first kappa shape index (κ1) is 19.1. The molecule has 3 aromatic rings. The molecule has 1 N–H and O–H groups in total. The van der Waals surface area contributed by atoms with Gasteiger partial charge in [0.25, 0.3) is 5.91 Å². The first-order valence-corrected chi connectivity index (χ1v) is 10.0. The summed E-state index contributed by atoms with van der Waals surface area (Å²) in [5.74, 6) is -1.06. The SMILES string of the molecule is Cc1cc(N2C(=O)c3ccccc3[C@H](C(=O)O)[C@H]2c2ccc3c(c2)OCCO3)ccn1. The minimum absolute atomic E-state index is 0.251. The van der Waals surface area contributed by atoms with Crippen molar-refractivity contribution < 1.29 is 24.2 Å². The van der Waals surface area contributed by atoms with Crippen molar-refractivity contribution in [1.82, 2.24) is 4.98 Å². The lowest BCUT2D eigenvalue weighted by Gasteiger charge is -2.41. The van der Waals surface area contributed by atoms with E-state index in [-0.39, 0.29) is 5.91 Å². The van der Waals surface area contributed by atoms with Crippen LogP contribution in [0.1, 0.15) is 39.1 Å². The minimum atomic E-state index is -1.00. The Morgan fingerprint density at radius 3 is 2.61 bits per heavy atom. The minimum Gasteiger partial charge on any atom is -0.486 e. The van der Waals surface area contributed by atoms with Gasteiger partial charge < -0.3 is 14.6 Å². The Hall–Kier alpha value is -3.87. The van der Waals surface area contributed by atoms with Gasteiger partial charge in [-0.3, -0.25) is 19.5 Å². The summed E-state index contributed by atoms with van der Waals surface area (Å²) in [4.78, 5) is 31.9. The third-order valence-electron chi connectivity index (χ3n) is 5.67. The molecule has 0 spiro atoms. The molecule has 7 nitrogen and oxygen atoms in total. The summed E-state index contributed by atoms with van der Waals surface area (Å²) in [7, 11) is 0. The number of hydrogen-bond acceptors (Lipinski definition) is 5. The van der Waals surface area contributed by atoms with E-state index in [0.29, 0.717) is 47.1 Å². The summed E-state index contributed by atoms with van der Waals surface area (Å²) in [5, 5.41) is 10.3. The number of ether oxygens (including phenoxy) is 2. The second kappa shape index (κ2) is 7.43. The molecule has 2 aromatic carbocycles. The van der Waals surface area contributed by atoms with Gasteiger partial charge in [-0.05, 0) is 48.4 Å². The number of aromatic nitrogens is 1. The number of carbonyl (C=O) groups excluding carboxylic acids is 1. The zero-order valence-electron chi connectivity index (χ0n) is 16.8. The lowest BCUT2D eigenvalue weighted by molar-refractivity contribution is -0.139. The molecule has 3 heterocycles. The van der Waals surface area contributed by atoms with Crippen molar-refractivity contribution in [3.63, 3.8) is 0 Å². The van der Waals surface area contributed by atoms with Crippen molar-refractivity contribution in [3.05, 3.63) is 83.2 Å². The number of nitrogens with zero attached hydrogens (tertiary/aromatic N) is 2. The summed E-state index contributed by atoms with van der Waals surface area (Å²) in [6, 6.07) is 15.0. The van der Waals surface area contributed by atoms with Crippen LogP contribution >= 0.6 is 0 Å². The molecule has 2 aliphatic heterocycles. The van der Waals surface area contributed by atoms with Gasteiger partial charge in [0.15, 0.2) is 11.5 Å². The number of anilines is 1. The third-order valence-corrected chi connectivity index (χ3v) is 5.67. The second-order valence-electron chi connectivity index (χ2n) is 7.58. The maximum atomic E-state index is 13.6. The summed E-state index contributed by atoms with van der Waals surface area (Å²) in [6.07, 6.45) is 1.62. The predicted octanol–water partition coefficient (Wildman–Crippen LogP) is 3.73. The maximum absolute atomic E-state index is 13.6. The van der Waals surface area contributed by atoms with Gasteiger partial charge in [-0.25, -0.2) is 0 Å². The van der Waals surface area contributed by atoms with Crippen LogP contribution < -0.4 is 14.4 Å². The number of carboxylic acid groups (broad SMARTS) is 1. The number of fused-ring (bicyclic) bond motifs is 2. The molecule has 0 radical (unpaired) electrons. The van der Waals surface area contributed by atoms with E-state index in [1.807, 2.05) is 6.92 Å². The molecule has 7 heteroatoms. The monoisotopic (exact) mass is 416 g/mol. The molecular weight excluding hydrogens is 396 g/mol. The van der Waals surface area contributed by atoms with E-state index >= 15 is 0 Å². The van der Waals surface area contributed by atoms with Crippen molar-refractivity contribution in [2.45, 2.75) is 18.9 Å². The number of benzene rings is 2. The predicted molar refractivity (Wildman–Crippen MR) is 113 cm³/mol. The Bertz CT molecular complexity index is 1190. The van der Waals surface area contributed by atoms with Gasteiger partial charge in [0.2, 0.25) is 0 Å². The number of pyridine rings is 1. The quantitative estimate of drug-likeness (QED) is 0.700. The summed E-state index contributed by atoms with van der Waals surface area (Å²) in [5.41, 5.74) is 2.88. The van der Waals surface area contributed by atoms with Crippen LogP contribution in [0.3, 0.4) is 0 Å². The molecule has 31 heavy (non-hydrogen) atoms. The molecule has 0 saturated carbocycles. The van der Waals surface area contributed by atoms with E-state index in [4.69, 9.17) is 9.47 Å². The van der Waals surface area contributed by atoms with Crippen molar-refractivity contribution in [3.8, 4) is 11.5 Å². The molecule has 1 amide bonds. The molecule has 0 fully saturated rings. The fraction of sp³-hybridized carbons (Fsp3) is 0.208. The topological polar surface area (TPSA) is 89.0 Å². The van der Waals surface area contributed by atoms with E-state index in [1.54, 1.807) is 65.7 Å². The van der Waals surface area contributed by atoms with Crippen molar-refractivity contribution in [1.29, 1.82) is 0 Å². The molecule has 1 aromatic heterocycles. The van der Waals surface area contributed by atoms with Crippen LogP contribution in [-0.4, -0.2) is 35.2 Å². The van der Waals surface area contributed by atoms with Gasteiger partial charge in [-0.15, -0.1) is 0 Å². The highest BCUT2D eigenvalue weighted by atomic mass is 16.6. The van der Waals surface area contributed by atoms with E-state index in [1.165, 1.54) is 0 Å². The molecular formula is C24H20N2O5. The molecule has 2 aliphatic rings. The number of amides is 1. The molecule has 0 unspecified atom stereocenters. The zero-order valence-corrected chi connectivity index (χ0v) is 16.8. The van der Waals surface area contributed by atoms with Crippen LogP contribution in [0.5, 0.6) is 11.5 Å². The molecule has 156 valence electrons. The summed E-state index contributed by atoms with van der Waals surface area (Å²) < 4.78 is 11.3. The lowest BCUT2D eigenvalue weighted by atomic mass is 9.79. The van der Waals surface area contributed by atoms with Gasteiger partial charge in [-0.1, -0.05) is 24.3 Å². The highest BCUT2D eigenvalue weighted by Gasteiger charge is 2.45. The van der Waals surface area contributed by atoms with Crippen LogP contribution in [0.15, 0.2) is 60.8 Å². The highest BCUT2D eigenvalue weighted by molar-refractivity contribution is 6.11. The van der Waals surface area contributed by atoms with E-state index in [9.17, 15) is 14.7 Å². The Labute approximate surface area is 178 Å². The second-order valence-corrected chi connectivity index (χ2v) is 7.58. The molecule has 5 rings (SSSR count). The molecule has 0 saturated heterocycles. The fourth-order valence-corrected chi connectivity index (χ4v) is 4.35. The van der Waals surface area contributed by atoms with Crippen LogP contribution in [0, 0.1) is 6.92 Å². The van der Waals surface area contributed by atoms with E-state index < -0.39 is 17.9 Å². The van der Waals surface area contributed by atoms with Gasteiger partial charge >= 0.3 is 5.97 Å². The van der Waals surface area contributed by atoms with Crippen molar-refractivity contribution >= 4 is 17.6 Å². The first-order valence-electron chi connectivity index (χ1n) is 10.0. The van der Waals surface area contributed by atoms with Crippen molar-refractivity contribution in [2.24, 2.45) is 0 Å². The Morgan fingerprint density at radius 2 is 1.84 bits per heavy atom. The van der Waals surface area contributed by atoms with E-state index in [2.05, 4.69) is 4.98 Å². The third kappa shape index (κ3) is 3.18. The fourth-order valence-electron chi connectivity index (χ4n) is 4.35. The largest absolute Gasteiger partial charge is 0.486 e. The van der Waals surface area contributed by atoms with Crippen LogP contribution in [0.4, 0.5) is 5.69 Å². The normalized spacial score (nSPS) is 19.6. The van der Waals surface area contributed by atoms with Crippen LogP contribution in [0.2, 0.25) is 0 Å². The Balaban J connectivity index is 1.74. The standard InChI is InChI=1S/C24H20N2O5/c1-14-12-16(8-9-25-14)26-22(15-6-7-19-20(13-15)31-11-10-30-19)21(24(28)29)17-4-2-3-5-18(17)23(26)27/h2-9,12-13,21-22H,10-11H2,1H3,(H,28,29)/t21-,22+/m0/s1. The maximum Gasteiger partial charge on any atom is 0.313 e. The van der Waals surface area contributed by atoms with Gasteiger partial charge in [0.05, 0.1) is 6.04 Å². The first-order chi connectivity index (χ1) is 15.0. The summed E-state index contributed by atoms with van der Waals surface area (Å²) >= 11 is 0. The number of rotatable bonds is 3. The zero-order chi connectivity index (χ0) is 21.5. The van der Waals surface area contributed by atoms with Gasteiger partial charge in [0, 0.05) is 23.1 Å². The van der Waals surface area contributed by atoms with Gasteiger partial charge in [0.1, 0.15) is 19.1 Å². The smallest absolute Gasteiger partial charge is 0.313 e. The molecule has 2 atom stereocenters. The Kier molecular flexibility index (Phi) is 4.58. The summed E-state index contributed by atoms with van der Waals surface area (Å²) in [6.45, 7) is 2.71. The van der Waals surface area contributed by atoms with E-state index in [0.717, 1.165) is 5.69 Å². The average Bonchev–Trinajstić information content (AvgIpc) is 2.78. The number of aliphatic carboxylic acids is 1. The highest BCUT2D eigenvalue weighted by Crippen LogP contribution is 2.46. The number of hydrogen-bond donors (Lipinski definition) is 1. The van der Waals surface area contributed by atoms with Crippen molar-refractivity contribution in [2.75, 3.05) is 18.1 Å². The number of aryl methyl sites for hydroxylation is 1.